The molecular weight excluding hydrogens is 380 g/mol. The van der Waals surface area contributed by atoms with Crippen molar-refractivity contribution in [3.05, 3.63) is 50.0 Å². The number of carbonyl (C=O) groups excluding carboxylic acids is 1. The fraction of sp³-hybridized carbons (Fsp3) is 0.375. The molecule has 0 N–H and O–H groups in total. The number of alkyl halides is 3. The average molecular weight is 393 g/mol. The molecule has 3 rings (SSSR count). The van der Waals surface area contributed by atoms with Crippen LogP contribution in [0.2, 0.25) is 4.34 Å². The Balaban J connectivity index is 2.03. The zero-order chi connectivity index (χ0) is 18.4. The zero-order valence-corrected chi connectivity index (χ0v) is 14.6. The van der Waals surface area contributed by atoms with Gasteiger partial charge < -0.3 is 4.57 Å². The third-order valence-corrected chi connectivity index (χ3v) is 5.44. The molecule has 0 radical (unpaired) electrons. The van der Waals surface area contributed by atoms with E-state index in [0.717, 1.165) is 42.0 Å². The van der Waals surface area contributed by atoms with Crippen molar-refractivity contribution in [2.45, 2.75) is 32.5 Å². The van der Waals surface area contributed by atoms with Gasteiger partial charge in [-0.1, -0.05) is 29.0 Å². The van der Waals surface area contributed by atoms with Crippen molar-refractivity contribution in [2.75, 3.05) is 0 Å². The molecule has 0 aliphatic heterocycles. The van der Waals surface area contributed by atoms with Crippen LogP contribution in [0.4, 0.5) is 17.6 Å². The minimum absolute atomic E-state index is 0.260. The maximum Gasteiger partial charge on any atom is 0.419 e. The Morgan fingerprint density at radius 1 is 1.40 bits per heavy atom. The third kappa shape index (κ3) is 3.79. The number of amides is 1. The van der Waals surface area contributed by atoms with E-state index < -0.39 is 29.0 Å². The maximum atomic E-state index is 14.1. The first kappa shape index (κ1) is 18.1. The summed E-state index contributed by atoms with van der Waals surface area (Å²) in [5.74, 6) is -2.20. The largest absolute Gasteiger partial charge is 0.419 e. The lowest BCUT2D eigenvalue weighted by Gasteiger charge is -2.09. The molecule has 3 nitrogen and oxygen atoms in total. The van der Waals surface area contributed by atoms with Gasteiger partial charge in [0.25, 0.3) is 5.91 Å². The molecule has 0 saturated heterocycles. The van der Waals surface area contributed by atoms with Gasteiger partial charge in [-0.3, -0.25) is 4.79 Å². The summed E-state index contributed by atoms with van der Waals surface area (Å²) in [6.07, 6.45) is -2.75. The Bertz CT molecular complexity index is 897. The van der Waals surface area contributed by atoms with Gasteiger partial charge in [-0.2, -0.15) is 18.2 Å². The number of carbonyl (C=O) groups is 1. The highest BCUT2D eigenvalue weighted by Gasteiger charge is 2.35. The van der Waals surface area contributed by atoms with Crippen LogP contribution in [0.25, 0.3) is 0 Å². The van der Waals surface area contributed by atoms with Crippen LogP contribution in [-0.4, -0.2) is 10.5 Å². The molecule has 1 amide bonds. The second kappa shape index (κ2) is 6.57. The van der Waals surface area contributed by atoms with E-state index in [-0.39, 0.29) is 4.80 Å². The van der Waals surface area contributed by atoms with Crippen molar-refractivity contribution in [2.24, 2.45) is 10.9 Å². The molecule has 1 aliphatic carbocycles. The van der Waals surface area contributed by atoms with Crippen LogP contribution in [0.3, 0.4) is 0 Å². The number of halogens is 5. The van der Waals surface area contributed by atoms with Crippen molar-refractivity contribution < 1.29 is 22.4 Å². The van der Waals surface area contributed by atoms with Crippen LogP contribution in [0.5, 0.6) is 0 Å². The van der Waals surface area contributed by atoms with Crippen LogP contribution in [0, 0.1) is 18.7 Å². The molecular formula is C16H13ClF4N2OS. The van der Waals surface area contributed by atoms with E-state index in [1.807, 2.05) is 0 Å². The molecule has 2 aromatic rings. The highest BCUT2D eigenvalue weighted by molar-refractivity contribution is 7.13. The summed E-state index contributed by atoms with van der Waals surface area (Å²) in [5, 5.41) is 0. The van der Waals surface area contributed by atoms with Crippen molar-refractivity contribution in [3.8, 4) is 0 Å². The maximum absolute atomic E-state index is 14.1. The Labute approximate surface area is 149 Å². The molecule has 134 valence electrons. The topological polar surface area (TPSA) is 34.4 Å². The van der Waals surface area contributed by atoms with Crippen LogP contribution in [0.1, 0.15) is 34.5 Å². The van der Waals surface area contributed by atoms with E-state index in [0.29, 0.717) is 22.9 Å². The summed E-state index contributed by atoms with van der Waals surface area (Å²) in [6.45, 7) is 2.40. The summed E-state index contributed by atoms with van der Waals surface area (Å²) in [4.78, 5) is 16.4. The Hall–Kier alpha value is -1.67. The van der Waals surface area contributed by atoms with E-state index >= 15 is 0 Å². The monoisotopic (exact) mass is 392 g/mol. The third-order valence-electron chi connectivity index (χ3n) is 3.97. The normalized spacial score (nSPS) is 15.7. The molecule has 1 aromatic heterocycles. The van der Waals surface area contributed by atoms with Gasteiger partial charge in [0.2, 0.25) is 0 Å². The van der Waals surface area contributed by atoms with Crippen LogP contribution >= 0.6 is 22.9 Å². The fourth-order valence-electron chi connectivity index (χ4n) is 2.38. The lowest BCUT2D eigenvalue weighted by atomic mass is 10.1. The highest BCUT2D eigenvalue weighted by Crippen LogP contribution is 2.33. The molecule has 25 heavy (non-hydrogen) atoms. The standard InChI is InChI=1S/C16H13ClF4N2OS/c1-8-13(17)25-15(23(8)7-9-5-6-9)22-14(24)10-3-2-4-11(12(10)18)16(19,20)21/h2-4,9H,5-7H2,1H3. The molecule has 1 aliphatic rings. The van der Waals surface area contributed by atoms with Crippen molar-refractivity contribution in [3.63, 3.8) is 0 Å². The number of aromatic nitrogens is 1. The summed E-state index contributed by atoms with van der Waals surface area (Å²) in [5.41, 5.74) is -1.47. The molecule has 9 heteroatoms. The molecule has 0 atom stereocenters. The number of nitrogens with zero attached hydrogens (tertiary/aromatic N) is 2. The van der Waals surface area contributed by atoms with Crippen molar-refractivity contribution in [1.82, 2.24) is 4.57 Å². The van der Waals surface area contributed by atoms with E-state index in [4.69, 9.17) is 11.6 Å². The Morgan fingerprint density at radius 3 is 2.68 bits per heavy atom. The number of thiazole rings is 1. The lowest BCUT2D eigenvalue weighted by molar-refractivity contribution is -0.140. The van der Waals surface area contributed by atoms with Gasteiger partial charge >= 0.3 is 6.18 Å². The quantitative estimate of drug-likeness (QED) is 0.689. The van der Waals surface area contributed by atoms with E-state index in [1.54, 1.807) is 11.5 Å². The number of benzene rings is 1. The molecule has 1 saturated carbocycles. The van der Waals surface area contributed by atoms with Crippen molar-refractivity contribution in [1.29, 1.82) is 0 Å². The van der Waals surface area contributed by atoms with E-state index in [1.165, 1.54) is 0 Å². The fourth-order valence-corrected chi connectivity index (χ4v) is 3.56. The average Bonchev–Trinajstić information content (AvgIpc) is 3.30. The van der Waals surface area contributed by atoms with Gasteiger partial charge in [-0.25, -0.2) is 4.39 Å². The van der Waals surface area contributed by atoms with Gasteiger partial charge in [0.1, 0.15) is 10.2 Å². The van der Waals surface area contributed by atoms with Crippen molar-refractivity contribution >= 4 is 28.8 Å². The summed E-state index contributed by atoms with van der Waals surface area (Å²) < 4.78 is 54.7. The Kier molecular flexibility index (Phi) is 4.76. The Morgan fingerprint density at radius 2 is 2.08 bits per heavy atom. The molecule has 1 aromatic carbocycles. The number of rotatable bonds is 3. The first-order valence-corrected chi connectivity index (χ1v) is 8.68. The molecule has 0 bridgehead atoms. The lowest BCUT2D eigenvalue weighted by Crippen LogP contribution is -2.20. The summed E-state index contributed by atoms with van der Waals surface area (Å²) in [6, 6.07) is 2.56. The minimum atomic E-state index is -4.88. The minimum Gasteiger partial charge on any atom is -0.319 e. The van der Waals surface area contributed by atoms with Crippen LogP contribution < -0.4 is 4.80 Å². The first-order valence-electron chi connectivity index (χ1n) is 7.49. The summed E-state index contributed by atoms with van der Waals surface area (Å²) >= 11 is 7.13. The molecule has 1 heterocycles. The number of hydrogen-bond acceptors (Lipinski definition) is 2. The van der Waals surface area contributed by atoms with E-state index in [2.05, 4.69) is 4.99 Å². The van der Waals surface area contributed by atoms with Gasteiger partial charge in [0, 0.05) is 12.2 Å². The summed E-state index contributed by atoms with van der Waals surface area (Å²) in [7, 11) is 0. The van der Waals surface area contributed by atoms with Crippen LogP contribution in [-0.2, 0) is 12.7 Å². The highest BCUT2D eigenvalue weighted by atomic mass is 35.5. The predicted octanol–water partition coefficient (Wildman–Crippen LogP) is 4.82. The second-order valence-corrected chi connectivity index (χ2v) is 7.46. The predicted molar refractivity (Wildman–Crippen MR) is 86.1 cm³/mol. The first-order chi connectivity index (χ1) is 11.7. The molecule has 0 unspecified atom stereocenters. The van der Waals surface area contributed by atoms with Gasteiger partial charge in [0.05, 0.1) is 11.1 Å². The second-order valence-electron chi connectivity index (χ2n) is 5.88. The van der Waals surface area contributed by atoms with Gasteiger partial charge in [-0.05, 0) is 37.8 Å². The van der Waals surface area contributed by atoms with Gasteiger partial charge in [-0.15, -0.1) is 0 Å². The van der Waals surface area contributed by atoms with Crippen LogP contribution in [0.15, 0.2) is 23.2 Å². The molecule has 1 fully saturated rings. The van der Waals surface area contributed by atoms with E-state index in [9.17, 15) is 22.4 Å². The SMILES string of the molecule is Cc1c(Cl)sc(=NC(=O)c2cccc(C(F)(F)F)c2F)n1CC1CC1. The van der Waals surface area contributed by atoms with Gasteiger partial charge in [0.15, 0.2) is 4.80 Å². The number of hydrogen-bond donors (Lipinski definition) is 0. The molecule has 0 spiro atoms. The zero-order valence-electron chi connectivity index (χ0n) is 13.0. The smallest absolute Gasteiger partial charge is 0.319 e.